The number of alkyl halides is 3. The van der Waals surface area contributed by atoms with Gasteiger partial charge in [-0.3, -0.25) is 4.79 Å². The van der Waals surface area contributed by atoms with Crippen LogP contribution in [0.5, 0.6) is 0 Å². The molecule has 1 saturated carbocycles. The number of esters is 1. The molecule has 1 aliphatic carbocycles. The van der Waals surface area contributed by atoms with E-state index in [2.05, 4.69) is 6.58 Å². The molecule has 1 aromatic rings. The van der Waals surface area contributed by atoms with Crippen LogP contribution >= 0.6 is 0 Å². The van der Waals surface area contributed by atoms with Gasteiger partial charge in [-0.15, -0.1) is 6.58 Å². The topological polar surface area (TPSA) is 35.5 Å². The normalized spacial score (nSPS) is 24.4. The second-order valence-electron chi connectivity index (χ2n) is 5.63. The Morgan fingerprint density at radius 3 is 2.48 bits per heavy atom. The van der Waals surface area contributed by atoms with Crippen molar-refractivity contribution in [1.82, 2.24) is 0 Å². The van der Waals surface area contributed by atoms with Crippen molar-refractivity contribution in [2.45, 2.75) is 31.7 Å². The van der Waals surface area contributed by atoms with Crippen LogP contribution in [0, 0.1) is 11.8 Å². The van der Waals surface area contributed by atoms with Gasteiger partial charge in [0, 0.05) is 0 Å². The molecule has 0 spiro atoms. The van der Waals surface area contributed by atoms with Crippen molar-refractivity contribution in [3.8, 4) is 0 Å². The van der Waals surface area contributed by atoms with Gasteiger partial charge in [0.25, 0.3) is 0 Å². The highest BCUT2D eigenvalue weighted by Crippen LogP contribution is 2.36. The number of carbonyl (C=O) groups excluding carboxylic acids is 1. The van der Waals surface area contributed by atoms with Crippen LogP contribution in [0.4, 0.5) is 13.2 Å². The Labute approximate surface area is 133 Å². The van der Waals surface area contributed by atoms with Gasteiger partial charge in [-0.2, -0.15) is 13.2 Å². The number of benzene rings is 1. The molecule has 0 saturated heterocycles. The largest absolute Gasteiger partial charge is 0.469 e. The summed E-state index contributed by atoms with van der Waals surface area (Å²) in [5, 5.41) is 0. The van der Waals surface area contributed by atoms with Gasteiger partial charge in [-0.25, -0.2) is 0 Å². The van der Waals surface area contributed by atoms with Crippen molar-refractivity contribution in [2.24, 2.45) is 11.8 Å². The molecule has 0 aliphatic heterocycles. The summed E-state index contributed by atoms with van der Waals surface area (Å²) >= 11 is 0. The fraction of sp³-hybridized carbons (Fsp3) is 0.471. The number of hydrogen-bond acceptors (Lipinski definition) is 3. The molecule has 0 amide bonds. The molecular weight excluding hydrogens is 309 g/mol. The third-order valence-corrected chi connectivity index (χ3v) is 4.14. The molecule has 2 rings (SSSR count). The number of halogens is 3. The van der Waals surface area contributed by atoms with Crippen LogP contribution in [0.1, 0.15) is 24.0 Å². The summed E-state index contributed by atoms with van der Waals surface area (Å²) in [6.45, 7) is 3.93. The van der Waals surface area contributed by atoms with Gasteiger partial charge in [-0.05, 0) is 36.5 Å². The van der Waals surface area contributed by atoms with Gasteiger partial charge in [0.15, 0.2) is 0 Å². The first-order valence-corrected chi connectivity index (χ1v) is 7.33. The zero-order chi connectivity index (χ0) is 17.0. The summed E-state index contributed by atoms with van der Waals surface area (Å²) in [6, 6.07) is 4.88. The van der Waals surface area contributed by atoms with Crippen LogP contribution in [0.2, 0.25) is 0 Å². The first kappa shape index (κ1) is 17.5. The number of methoxy groups -OCH3 is 1. The van der Waals surface area contributed by atoms with E-state index in [0.717, 1.165) is 12.1 Å². The molecule has 3 atom stereocenters. The van der Waals surface area contributed by atoms with Crippen molar-refractivity contribution in [2.75, 3.05) is 7.11 Å². The van der Waals surface area contributed by atoms with E-state index in [9.17, 15) is 18.0 Å². The lowest BCUT2D eigenvalue weighted by Gasteiger charge is -2.13. The minimum Gasteiger partial charge on any atom is -0.469 e. The maximum atomic E-state index is 12.5. The highest BCUT2D eigenvalue weighted by molar-refractivity contribution is 5.73. The van der Waals surface area contributed by atoms with Gasteiger partial charge in [0.05, 0.1) is 31.3 Å². The van der Waals surface area contributed by atoms with Crippen molar-refractivity contribution >= 4 is 5.97 Å². The Kier molecular flexibility index (Phi) is 5.46. The predicted octanol–water partition coefficient (Wildman–Crippen LogP) is 3.98. The lowest BCUT2D eigenvalue weighted by Crippen LogP contribution is -2.19. The molecule has 0 unspecified atom stereocenters. The summed E-state index contributed by atoms with van der Waals surface area (Å²) in [7, 11) is 1.35. The van der Waals surface area contributed by atoms with Crippen LogP contribution < -0.4 is 0 Å². The highest BCUT2D eigenvalue weighted by atomic mass is 19.4. The van der Waals surface area contributed by atoms with Gasteiger partial charge in [0.1, 0.15) is 0 Å². The Bertz CT molecular complexity index is 551. The van der Waals surface area contributed by atoms with Gasteiger partial charge >= 0.3 is 12.1 Å². The van der Waals surface area contributed by atoms with Crippen LogP contribution in [0.25, 0.3) is 0 Å². The van der Waals surface area contributed by atoms with E-state index in [4.69, 9.17) is 9.47 Å². The van der Waals surface area contributed by atoms with E-state index in [0.29, 0.717) is 18.4 Å². The fourth-order valence-corrected chi connectivity index (χ4v) is 2.85. The Balaban J connectivity index is 1.91. The molecule has 0 aromatic heterocycles. The molecule has 0 N–H and O–H groups in total. The molecular formula is C17H19F3O3. The summed E-state index contributed by atoms with van der Waals surface area (Å²) in [6.07, 6.45) is -1.56. The summed E-state index contributed by atoms with van der Waals surface area (Å²) in [4.78, 5) is 11.7. The Hall–Kier alpha value is -1.82. The number of hydrogen-bond donors (Lipinski definition) is 0. The van der Waals surface area contributed by atoms with Gasteiger partial charge in [-0.1, -0.05) is 18.2 Å². The standard InChI is InChI=1S/C17H19F3O3/c1-3-12-8-14(9-15(12)16(21)22-2)23-10-11-4-6-13(7-5-11)17(18,19)20/h3-7,12,14-15H,1,8-10H2,2H3/t12-,14-,15+/m0/s1. The van der Waals surface area contributed by atoms with Crippen molar-refractivity contribution < 1.29 is 27.4 Å². The maximum absolute atomic E-state index is 12.5. The van der Waals surface area contributed by atoms with Crippen molar-refractivity contribution in [1.29, 1.82) is 0 Å². The second-order valence-corrected chi connectivity index (χ2v) is 5.63. The van der Waals surface area contributed by atoms with E-state index in [1.165, 1.54) is 19.2 Å². The molecule has 126 valence electrons. The molecule has 1 aromatic carbocycles. The third-order valence-electron chi connectivity index (χ3n) is 4.14. The van der Waals surface area contributed by atoms with E-state index in [1.807, 2.05) is 0 Å². The van der Waals surface area contributed by atoms with E-state index in [-0.39, 0.29) is 30.5 Å². The Morgan fingerprint density at radius 2 is 1.96 bits per heavy atom. The molecule has 23 heavy (non-hydrogen) atoms. The second kappa shape index (κ2) is 7.17. The molecule has 6 heteroatoms. The maximum Gasteiger partial charge on any atom is 0.416 e. The van der Waals surface area contributed by atoms with E-state index >= 15 is 0 Å². The molecule has 0 bridgehead atoms. The lowest BCUT2D eigenvalue weighted by atomic mass is 9.97. The van der Waals surface area contributed by atoms with Gasteiger partial charge in [0.2, 0.25) is 0 Å². The predicted molar refractivity (Wildman–Crippen MR) is 78.4 cm³/mol. The summed E-state index contributed by atoms with van der Waals surface area (Å²) < 4.78 is 48.0. The molecule has 0 heterocycles. The minimum atomic E-state index is -4.34. The average Bonchev–Trinajstić information content (AvgIpc) is 2.95. The fourth-order valence-electron chi connectivity index (χ4n) is 2.85. The van der Waals surface area contributed by atoms with E-state index in [1.54, 1.807) is 6.08 Å². The van der Waals surface area contributed by atoms with Crippen LogP contribution in [0.15, 0.2) is 36.9 Å². The van der Waals surface area contributed by atoms with E-state index < -0.39 is 11.7 Å². The average molecular weight is 328 g/mol. The molecule has 0 radical (unpaired) electrons. The highest BCUT2D eigenvalue weighted by Gasteiger charge is 2.38. The van der Waals surface area contributed by atoms with Crippen molar-refractivity contribution in [3.63, 3.8) is 0 Å². The monoisotopic (exact) mass is 328 g/mol. The molecule has 1 fully saturated rings. The van der Waals surface area contributed by atoms with Crippen molar-refractivity contribution in [3.05, 3.63) is 48.0 Å². The summed E-state index contributed by atoms with van der Waals surface area (Å²) in [5.41, 5.74) is -0.0192. The first-order chi connectivity index (χ1) is 10.8. The first-order valence-electron chi connectivity index (χ1n) is 7.33. The summed E-state index contributed by atoms with van der Waals surface area (Å²) in [5.74, 6) is -0.550. The number of carbonyl (C=O) groups is 1. The Morgan fingerprint density at radius 1 is 1.30 bits per heavy atom. The number of rotatable bonds is 5. The SMILES string of the molecule is C=C[C@H]1C[C@H](OCc2ccc(C(F)(F)F)cc2)C[C@H]1C(=O)OC. The third kappa shape index (κ3) is 4.34. The smallest absolute Gasteiger partial charge is 0.416 e. The number of allylic oxidation sites excluding steroid dienone is 1. The molecule has 3 nitrogen and oxygen atoms in total. The quantitative estimate of drug-likeness (QED) is 0.606. The number of ether oxygens (including phenoxy) is 2. The lowest BCUT2D eigenvalue weighted by molar-refractivity contribution is -0.146. The van der Waals surface area contributed by atoms with Crippen LogP contribution in [-0.4, -0.2) is 19.2 Å². The van der Waals surface area contributed by atoms with Gasteiger partial charge < -0.3 is 9.47 Å². The zero-order valence-corrected chi connectivity index (χ0v) is 12.8. The molecule has 1 aliphatic rings. The zero-order valence-electron chi connectivity index (χ0n) is 12.8. The minimum absolute atomic E-state index is 0.0000513. The van der Waals surface area contributed by atoms with Crippen LogP contribution in [0.3, 0.4) is 0 Å². The van der Waals surface area contributed by atoms with Crippen LogP contribution in [-0.2, 0) is 27.1 Å².